The normalized spacial score (nSPS) is 13.3. The lowest BCUT2D eigenvalue weighted by Crippen LogP contribution is -2.34. The van der Waals surface area contributed by atoms with E-state index in [0.717, 1.165) is 18.4 Å². The lowest BCUT2D eigenvalue weighted by Gasteiger charge is -2.13. The molecule has 1 fully saturated rings. The average molecular weight is 454 g/mol. The molecule has 1 aliphatic heterocycles. The highest BCUT2D eigenvalue weighted by Crippen LogP contribution is 2.24. The number of rotatable bonds is 8. The predicted octanol–water partition coefficient (Wildman–Crippen LogP) is 3.30. The molecule has 2 heterocycles. The number of halogens is 1. The number of nitrogens with zero attached hydrogens (tertiary/aromatic N) is 2. The molecule has 0 saturated carbocycles. The summed E-state index contributed by atoms with van der Waals surface area (Å²) in [5.74, 6) is -0.675. The zero-order valence-corrected chi connectivity index (χ0v) is 18.3. The summed E-state index contributed by atoms with van der Waals surface area (Å²) < 4.78 is 7.28. The Morgan fingerprint density at radius 3 is 2.50 bits per heavy atom. The van der Waals surface area contributed by atoms with E-state index in [1.54, 1.807) is 33.9 Å². The van der Waals surface area contributed by atoms with Gasteiger partial charge in [-0.1, -0.05) is 41.9 Å². The number of carbonyl (C=O) groups is 3. The van der Waals surface area contributed by atoms with E-state index in [9.17, 15) is 14.4 Å². The number of carbonyl (C=O) groups excluding carboxylic acids is 3. The number of aromatic nitrogens is 1. The van der Waals surface area contributed by atoms with Gasteiger partial charge in [-0.15, -0.1) is 0 Å². The van der Waals surface area contributed by atoms with Crippen molar-refractivity contribution in [2.75, 3.05) is 26.2 Å². The van der Waals surface area contributed by atoms with Gasteiger partial charge in [0, 0.05) is 30.2 Å². The molecule has 1 aliphatic rings. The summed E-state index contributed by atoms with van der Waals surface area (Å²) in [6, 6.07) is 14.4. The Morgan fingerprint density at radius 1 is 1.00 bits per heavy atom. The van der Waals surface area contributed by atoms with E-state index >= 15 is 0 Å². The van der Waals surface area contributed by atoms with Crippen LogP contribution in [0.3, 0.4) is 0 Å². The second-order valence-corrected chi connectivity index (χ2v) is 8.05. The van der Waals surface area contributed by atoms with Crippen LogP contribution in [0.15, 0.2) is 54.7 Å². The second-order valence-electron chi connectivity index (χ2n) is 7.65. The molecule has 2 amide bonds. The molecule has 2 aromatic carbocycles. The van der Waals surface area contributed by atoms with Crippen LogP contribution in [-0.2, 0) is 16.1 Å². The number of Topliss-reactive ketones (excluding diaryl/α,β-unsaturated/α-hetero) is 1. The minimum absolute atomic E-state index is 0.0256. The summed E-state index contributed by atoms with van der Waals surface area (Å²) in [7, 11) is 0. The largest absolute Gasteiger partial charge is 0.490 e. The molecule has 0 atom stereocenters. The van der Waals surface area contributed by atoms with Crippen LogP contribution in [-0.4, -0.2) is 53.3 Å². The van der Waals surface area contributed by atoms with Crippen molar-refractivity contribution in [2.45, 2.75) is 19.4 Å². The van der Waals surface area contributed by atoms with Gasteiger partial charge in [0.1, 0.15) is 18.9 Å². The molecular formula is C24H24ClN3O4. The van der Waals surface area contributed by atoms with Crippen molar-refractivity contribution < 1.29 is 19.1 Å². The summed E-state index contributed by atoms with van der Waals surface area (Å²) >= 11 is 6.05. The fourth-order valence-electron chi connectivity index (χ4n) is 3.86. The highest BCUT2D eigenvalue weighted by Gasteiger charge is 2.28. The molecule has 1 saturated heterocycles. The molecular weight excluding hydrogens is 430 g/mol. The van der Waals surface area contributed by atoms with Gasteiger partial charge in [0.05, 0.1) is 17.1 Å². The minimum Gasteiger partial charge on any atom is -0.490 e. The molecule has 0 spiro atoms. The first kappa shape index (κ1) is 21.9. The molecule has 1 N–H and O–H groups in total. The lowest BCUT2D eigenvalue weighted by molar-refractivity contribution is -0.125. The standard InChI is InChI=1S/C24H24ClN3O4/c25-19-8-2-4-10-21(19)32-14-11-26-22(29)16-28-15-18(17-7-1-3-9-20(17)28)23(30)24(31)27-12-5-6-13-27/h1-4,7-10,15H,5-6,11-14,16H2,(H,26,29). The Hall–Kier alpha value is -3.32. The summed E-state index contributed by atoms with van der Waals surface area (Å²) in [5, 5.41) is 3.98. The Morgan fingerprint density at radius 2 is 1.72 bits per heavy atom. The molecule has 166 valence electrons. The van der Waals surface area contributed by atoms with Crippen molar-refractivity contribution in [3.63, 3.8) is 0 Å². The van der Waals surface area contributed by atoms with E-state index in [1.807, 2.05) is 30.3 Å². The summed E-state index contributed by atoms with van der Waals surface area (Å²) in [6.45, 7) is 1.83. The number of hydrogen-bond donors (Lipinski definition) is 1. The van der Waals surface area contributed by atoms with Gasteiger partial charge < -0.3 is 19.5 Å². The van der Waals surface area contributed by atoms with Gasteiger partial charge >= 0.3 is 0 Å². The third kappa shape index (κ3) is 4.78. The van der Waals surface area contributed by atoms with Crippen LogP contribution in [0.5, 0.6) is 5.75 Å². The molecule has 0 radical (unpaired) electrons. The highest BCUT2D eigenvalue weighted by molar-refractivity contribution is 6.45. The van der Waals surface area contributed by atoms with Crippen LogP contribution in [0.1, 0.15) is 23.2 Å². The Bertz CT molecular complexity index is 1150. The number of hydrogen-bond acceptors (Lipinski definition) is 4. The van der Waals surface area contributed by atoms with Gasteiger partial charge in [-0.2, -0.15) is 0 Å². The number of fused-ring (bicyclic) bond motifs is 1. The van der Waals surface area contributed by atoms with Gasteiger partial charge in [-0.05, 0) is 31.0 Å². The maximum absolute atomic E-state index is 12.9. The van der Waals surface area contributed by atoms with E-state index in [-0.39, 0.29) is 19.1 Å². The van der Waals surface area contributed by atoms with Crippen LogP contribution in [0.4, 0.5) is 0 Å². The third-order valence-electron chi connectivity index (χ3n) is 5.45. The van der Waals surface area contributed by atoms with E-state index in [0.29, 0.717) is 41.4 Å². The Labute approximate surface area is 190 Å². The quantitative estimate of drug-likeness (QED) is 0.322. The summed E-state index contributed by atoms with van der Waals surface area (Å²) in [5.41, 5.74) is 1.06. The van der Waals surface area contributed by atoms with Crippen LogP contribution >= 0.6 is 11.6 Å². The average Bonchev–Trinajstić information content (AvgIpc) is 3.46. The molecule has 3 aromatic rings. The third-order valence-corrected chi connectivity index (χ3v) is 5.77. The molecule has 32 heavy (non-hydrogen) atoms. The fourth-order valence-corrected chi connectivity index (χ4v) is 4.05. The minimum atomic E-state index is -0.532. The Balaban J connectivity index is 1.40. The molecule has 4 rings (SSSR count). The van der Waals surface area contributed by atoms with Gasteiger partial charge in [-0.3, -0.25) is 14.4 Å². The fraction of sp³-hybridized carbons (Fsp3) is 0.292. The first-order chi connectivity index (χ1) is 15.5. The molecule has 0 aliphatic carbocycles. The first-order valence-corrected chi connectivity index (χ1v) is 11.0. The van der Waals surface area contributed by atoms with Crippen LogP contribution in [0.2, 0.25) is 5.02 Å². The highest BCUT2D eigenvalue weighted by atomic mass is 35.5. The molecule has 7 nitrogen and oxygen atoms in total. The molecule has 0 bridgehead atoms. The molecule has 0 unspecified atom stereocenters. The van der Waals surface area contributed by atoms with E-state index in [1.165, 1.54) is 0 Å². The van der Waals surface area contributed by atoms with E-state index < -0.39 is 11.7 Å². The molecule has 1 aromatic heterocycles. The van der Waals surface area contributed by atoms with Crippen molar-refractivity contribution in [3.05, 3.63) is 65.3 Å². The van der Waals surface area contributed by atoms with Crippen molar-refractivity contribution in [1.82, 2.24) is 14.8 Å². The number of likely N-dealkylation sites (tertiary alicyclic amines) is 1. The SMILES string of the molecule is O=C(Cn1cc(C(=O)C(=O)N2CCCC2)c2ccccc21)NCCOc1ccccc1Cl. The summed E-state index contributed by atoms with van der Waals surface area (Å²) in [4.78, 5) is 39.6. The van der Waals surface area contributed by atoms with Gasteiger partial charge in [0.25, 0.3) is 11.7 Å². The molecule has 8 heteroatoms. The van der Waals surface area contributed by atoms with E-state index in [4.69, 9.17) is 16.3 Å². The summed E-state index contributed by atoms with van der Waals surface area (Å²) in [6.07, 6.45) is 3.43. The van der Waals surface area contributed by atoms with Crippen molar-refractivity contribution >= 4 is 40.1 Å². The smallest absolute Gasteiger partial charge is 0.295 e. The zero-order chi connectivity index (χ0) is 22.5. The number of ketones is 1. The topological polar surface area (TPSA) is 80.6 Å². The van der Waals surface area contributed by atoms with Gasteiger partial charge in [0.15, 0.2) is 0 Å². The maximum atomic E-state index is 12.9. The second kappa shape index (κ2) is 9.87. The monoisotopic (exact) mass is 453 g/mol. The zero-order valence-electron chi connectivity index (χ0n) is 17.6. The van der Waals surface area contributed by atoms with Crippen LogP contribution in [0, 0.1) is 0 Å². The Kier molecular flexibility index (Phi) is 6.75. The van der Waals surface area contributed by atoms with Crippen LogP contribution in [0.25, 0.3) is 10.9 Å². The number of ether oxygens (including phenoxy) is 1. The predicted molar refractivity (Wildman–Crippen MR) is 122 cm³/mol. The van der Waals surface area contributed by atoms with Gasteiger partial charge in [-0.25, -0.2) is 0 Å². The first-order valence-electron chi connectivity index (χ1n) is 10.6. The number of nitrogens with one attached hydrogen (secondary N) is 1. The van der Waals surface area contributed by atoms with Crippen molar-refractivity contribution in [2.24, 2.45) is 0 Å². The number of benzene rings is 2. The van der Waals surface area contributed by atoms with Crippen molar-refractivity contribution in [3.8, 4) is 5.75 Å². The number of amides is 2. The van der Waals surface area contributed by atoms with Crippen molar-refractivity contribution in [1.29, 1.82) is 0 Å². The van der Waals surface area contributed by atoms with Gasteiger partial charge in [0.2, 0.25) is 5.91 Å². The number of para-hydroxylation sites is 2. The van der Waals surface area contributed by atoms with Crippen LogP contribution < -0.4 is 10.1 Å². The lowest BCUT2D eigenvalue weighted by atomic mass is 10.1. The van der Waals surface area contributed by atoms with E-state index in [2.05, 4.69) is 5.32 Å². The maximum Gasteiger partial charge on any atom is 0.295 e.